The van der Waals surface area contributed by atoms with Gasteiger partial charge in [-0.05, 0) is 91.1 Å². The molecule has 278 valence electrons. The molecule has 3 amide bonds. The number of nitrogens with one attached hydrogen (secondary N) is 3. The zero-order chi connectivity index (χ0) is 36.8. The van der Waals surface area contributed by atoms with Crippen molar-refractivity contribution in [2.24, 2.45) is 5.92 Å². The maximum Gasteiger partial charge on any atom is 0.249 e. The van der Waals surface area contributed by atoms with Crippen LogP contribution in [0.1, 0.15) is 55.7 Å². The van der Waals surface area contributed by atoms with Gasteiger partial charge in [0.05, 0.1) is 19.3 Å². The first-order valence-corrected chi connectivity index (χ1v) is 17.8. The number of ether oxygens (including phenoxy) is 3. The molecule has 13 heteroatoms. The summed E-state index contributed by atoms with van der Waals surface area (Å²) < 4.78 is 44.8. The monoisotopic (exact) mass is 720 g/mol. The van der Waals surface area contributed by atoms with Gasteiger partial charge in [-0.2, -0.15) is 0 Å². The Morgan fingerprint density at radius 1 is 1.02 bits per heavy atom. The normalized spacial score (nSPS) is 19.6. The van der Waals surface area contributed by atoms with Gasteiger partial charge < -0.3 is 40.2 Å². The standard InChI is InChI=1S/C39H46F2N4O7/c1-24(46)44-39(20-26-6-7-26)12-13-45(38(39)49)33(10-8-25-9-11-35-36(18-25)52-23-51-35)37(48)43-32(17-28-14-29(40)19-30(41)15-28)34(47)22-42-21-27-4-3-5-31(16-27)50-2/h3-5,9,11,14-16,18-19,26,32-34,42,47H,6-8,10,12-13,17,20-23H2,1-2H3,(H,43,48)(H,44,46)/t32-,33-,34+,39?/m0/s1. The molecule has 1 saturated carbocycles. The number of aliphatic hydroxyl groups is 1. The molecular formula is C39H46F2N4O7. The second kappa shape index (κ2) is 16.3. The van der Waals surface area contributed by atoms with E-state index in [9.17, 15) is 28.3 Å². The van der Waals surface area contributed by atoms with Gasteiger partial charge in [-0.15, -0.1) is 0 Å². The number of hydrogen-bond acceptors (Lipinski definition) is 8. The molecule has 1 saturated heterocycles. The van der Waals surface area contributed by atoms with Crippen LogP contribution in [0.25, 0.3) is 0 Å². The fraction of sp³-hybridized carbons (Fsp3) is 0.462. The molecule has 2 fully saturated rings. The fourth-order valence-electron chi connectivity index (χ4n) is 7.26. The highest BCUT2D eigenvalue weighted by Crippen LogP contribution is 2.41. The largest absolute Gasteiger partial charge is 0.497 e. The second-order valence-electron chi connectivity index (χ2n) is 14.0. The van der Waals surface area contributed by atoms with Crippen molar-refractivity contribution in [3.8, 4) is 17.2 Å². The maximum atomic E-state index is 14.4. The minimum absolute atomic E-state index is 0.0392. The number of methoxy groups -OCH3 is 1. The van der Waals surface area contributed by atoms with E-state index < -0.39 is 41.3 Å². The number of likely N-dealkylation sites (tertiary alicyclic amines) is 1. The van der Waals surface area contributed by atoms with E-state index in [2.05, 4.69) is 16.0 Å². The average molecular weight is 721 g/mol. The Kier molecular flexibility index (Phi) is 11.6. The van der Waals surface area contributed by atoms with E-state index in [1.165, 1.54) is 24.0 Å². The molecular weight excluding hydrogens is 674 g/mol. The predicted molar refractivity (Wildman–Crippen MR) is 188 cm³/mol. The summed E-state index contributed by atoms with van der Waals surface area (Å²) >= 11 is 0. The van der Waals surface area contributed by atoms with E-state index in [4.69, 9.17) is 14.2 Å². The Morgan fingerprint density at radius 2 is 1.79 bits per heavy atom. The molecule has 0 radical (unpaired) electrons. The molecule has 52 heavy (non-hydrogen) atoms. The third-order valence-electron chi connectivity index (χ3n) is 10.0. The number of aryl methyl sites for hydroxylation is 1. The van der Waals surface area contributed by atoms with Crippen LogP contribution >= 0.6 is 0 Å². The van der Waals surface area contributed by atoms with Gasteiger partial charge in [0.15, 0.2) is 11.5 Å². The van der Waals surface area contributed by atoms with Crippen LogP contribution in [0, 0.1) is 17.6 Å². The molecule has 11 nitrogen and oxygen atoms in total. The number of nitrogens with zero attached hydrogens (tertiary/aromatic N) is 1. The van der Waals surface area contributed by atoms with Crippen molar-refractivity contribution in [2.45, 2.75) is 82.1 Å². The molecule has 1 aliphatic carbocycles. The lowest BCUT2D eigenvalue weighted by atomic mass is 9.90. The number of amides is 3. The summed E-state index contributed by atoms with van der Waals surface area (Å²) in [5, 5.41) is 20.5. The lowest BCUT2D eigenvalue weighted by Crippen LogP contribution is -2.59. The molecule has 0 aromatic heterocycles. The molecule has 6 rings (SSSR count). The Labute approximate surface area is 302 Å². The highest BCUT2D eigenvalue weighted by Gasteiger charge is 2.52. The topological polar surface area (TPSA) is 138 Å². The van der Waals surface area contributed by atoms with E-state index >= 15 is 0 Å². The van der Waals surface area contributed by atoms with Gasteiger partial charge in [-0.3, -0.25) is 14.4 Å². The smallest absolute Gasteiger partial charge is 0.249 e. The van der Waals surface area contributed by atoms with Crippen LogP contribution in [-0.4, -0.2) is 78.4 Å². The number of hydrogen-bond donors (Lipinski definition) is 4. The van der Waals surface area contributed by atoms with Crippen molar-refractivity contribution in [2.75, 3.05) is 27.0 Å². The maximum absolute atomic E-state index is 14.4. The summed E-state index contributed by atoms with van der Waals surface area (Å²) in [4.78, 5) is 42.6. The van der Waals surface area contributed by atoms with Crippen molar-refractivity contribution >= 4 is 17.7 Å². The van der Waals surface area contributed by atoms with E-state index in [0.717, 1.165) is 30.0 Å². The summed E-state index contributed by atoms with van der Waals surface area (Å²) in [7, 11) is 1.57. The van der Waals surface area contributed by atoms with Crippen LogP contribution in [-0.2, 0) is 33.8 Å². The highest BCUT2D eigenvalue weighted by atomic mass is 19.1. The summed E-state index contributed by atoms with van der Waals surface area (Å²) in [5.41, 5.74) is 0.919. The van der Waals surface area contributed by atoms with Crippen LogP contribution in [0.4, 0.5) is 8.78 Å². The van der Waals surface area contributed by atoms with Crippen molar-refractivity contribution in [3.05, 3.63) is 89.0 Å². The quantitative estimate of drug-likeness (QED) is 0.165. The molecule has 0 spiro atoms. The number of halogens is 2. The van der Waals surface area contributed by atoms with Gasteiger partial charge in [0.25, 0.3) is 0 Å². The molecule has 3 aromatic carbocycles. The van der Waals surface area contributed by atoms with Gasteiger partial charge in [0, 0.05) is 32.6 Å². The van der Waals surface area contributed by atoms with Crippen LogP contribution < -0.4 is 30.2 Å². The minimum Gasteiger partial charge on any atom is -0.497 e. The third-order valence-corrected chi connectivity index (χ3v) is 10.0. The van der Waals surface area contributed by atoms with Crippen molar-refractivity contribution in [3.63, 3.8) is 0 Å². The Bertz CT molecular complexity index is 1750. The van der Waals surface area contributed by atoms with Crippen molar-refractivity contribution < 1.29 is 42.5 Å². The van der Waals surface area contributed by atoms with Crippen LogP contribution in [0.5, 0.6) is 17.2 Å². The summed E-state index contributed by atoms with van der Waals surface area (Å²) in [6.07, 6.45) is 2.19. The second-order valence-corrected chi connectivity index (χ2v) is 14.0. The molecule has 4 N–H and O–H groups in total. The first kappa shape index (κ1) is 37.0. The van der Waals surface area contributed by atoms with Crippen molar-refractivity contribution in [1.82, 2.24) is 20.9 Å². The Balaban J connectivity index is 1.24. The van der Waals surface area contributed by atoms with E-state index in [0.29, 0.717) is 49.0 Å². The van der Waals surface area contributed by atoms with Gasteiger partial charge in [-0.25, -0.2) is 8.78 Å². The number of fused-ring (bicyclic) bond motifs is 1. The van der Waals surface area contributed by atoms with Crippen LogP contribution in [0.15, 0.2) is 60.7 Å². The zero-order valence-corrected chi connectivity index (χ0v) is 29.5. The number of aliphatic hydroxyl groups excluding tert-OH is 1. The predicted octanol–water partition coefficient (Wildman–Crippen LogP) is 3.79. The molecule has 3 aromatic rings. The Morgan fingerprint density at radius 3 is 2.52 bits per heavy atom. The van der Waals surface area contributed by atoms with Gasteiger partial charge in [0.1, 0.15) is 29.0 Å². The van der Waals surface area contributed by atoms with Gasteiger partial charge in [0.2, 0.25) is 24.5 Å². The van der Waals surface area contributed by atoms with E-state index in [1.807, 2.05) is 36.4 Å². The number of rotatable bonds is 17. The lowest BCUT2D eigenvalue weighted by molar-refractivity contribution is -0.143. The summed E-state index contributed by atoms with van der Waals surface area (Å²) in [5.74, 6) is -0.481. The van der Waals surface area contributed by atoms with Crippen molar-refractivity contribution in [1.29, 1.82) is 0 Å². The third kappa shape index (κ3) is 9.18. The first-order valence-electron chi connectivity index (χ1n) is 17.8. The number of carbonyl (C=O) groups excluding carboxylic acids is 3. The molecule has 1 unspecified atom stereocenters. The lowest BCUT2D eigenvalue weighted by Gasteiger charge is -2.33. The minimum atomic E-state index is -1.18. The summed E-state index contributed by atoms with van der Waals surface area (Å²) in [6.45, 7) is 2.17. The number of benzene rings is 3. The zero-order valence-electron chi connectivity index (χ0n) is 29.5. The van der Waals surface area contributed by atoms with E-state index in [-0.39, 0.29) is 50.1 Å². The first-order chi connectivity index (χ1) is 25.0. The van der Waals surface area contributed by atoms with Gasteiger partial charge in [-0.1, -0.05) is 31.0 Å². The fourth-order valence-corrected chi connectivity index (χ4v) is 7.26. The highest BCUT2D eigenvalue weighted by molar-refractivity contribution is 5.96. The van der Waals surface area contributed by atoms with E-state index in [1.54, 1.807) is 13.2 Å². The summed E-state index contributed by atoms with van der Waals surface area (Å²) in [6, 6.07) is 14.1. The van der Waals surface area contributed by atoms with Crippen LogP contribution in [0.2, 0.25) is 0 Å². The molecule has 3 aliphatic rings. The SMILES string of the molecule is COc1cccc(CNC[C@@H](O)[C@H](Cc2cc(F)cc(F)c2)NC(=O)[C@H](CCc2ccc3c(c2)OCO3)N2CCC(CC3CC3)(NC(C)=O)C2=O)c1. The Hall–Kier alpha value is -4.75. The molecule has 2 heterocycles. The molecule has 2 aliphatic heterocycles. The van der Waals surface area contributed by atoms with Gasteiger partial charge >= 0.3 is 0 Å². The molecule has 0 bridgehead atoms. The molecule has 4 atom stereocenters. The average Bonchev–Trinajstić information content (AvgIpc) is 3.70. The van der Waals surface area contributed by atoms with Crippen LogP contribution in [0.3, 0.4) is 0 Å². The number of carbonyl (C=O) groups is 3.